The highest BCUT2D eigenvalue weighted by atomic mass is 16.7. The van der Waals surface area contributed by atoms with Crippen LogP contribution in [0.1, 0.15) is 30.9 Å². The summed E-state index contributed by atoms with van der Waals surface area (Å²) in [6.07, 6.45) is 2.68. The van der Waals surface area contributed by atoms with Gasteiger partial charge in [-0.2, -0.15) is 0 Å². The molecule has 0 aliphatic carbocycles. The van der Waals surface area contributed by atoms with Gasteiger partial charge in [-0.05, 0) is 30.5 Å². The molecule has 0 bridgehead atoms. The molecular weight excluding hydrogens is 312 g/mol. The first kappa shape index (κ1) is 15.0. The standard InChI is InChI=1S/C21H22N2O2/c24-19-14-17-20(18-12-7-13-22(18)19)23(16-10-5-2-6-11-16)25-21(17)15-8-3-1-4-9-15/h1-6,8-11,17-18,20-21H,7,12-14H2/t17-,18+,20-,21+/m1/s1. The fraction of sp³-hybridized carbons (Fsp3) is 0.381. The summed E-state index contributed by atoms with van der Waals surface area (Å²) in [5, 5.41) is 2.10. The van der Waals surface area contributed by atoms with E-state index >= 15 is 0 Å². The topological polar surface area (TPSA) is 32.8 Å². The number of anilines is 1. The third-order valence-corrected chi connectivity index (χ3v) is 5.89. The molecule has 128 valence electrons. The molecule has 5 rings (SSSR count). The molecule has 25 heavy (non-hydrogen) atoms. The van der Waals surface area contributed by atoms with Crippen molar-refractivity contribution >= 4 is 11.6 Å². The molecule has 4 atom stereocenters. The summed E-state index contributed by atoms with van der Waals surface area (Å²) in [6.45, 7) is 0.894. The molecule has 3 heterocycles. The maximum atomic E-state index is 12.7. The van der Waals surface area contributed by atoms with E-state index in [2.05, 4.69) is 34.2 Å². The predicted octanol–water partition coefficient (Wildman–Crippen LogP) is 3.56. The maximum Gasteiger partial charge on any atom is 0.223 e. The van der Waals surface area contributed by atoms with E-state index in [1.165, 1.54) is 0 Å². The van der Waals surface area contributed by atoms with Crippen LogP contribution in [-0.4, -0.2) is 29.4 Å². The maximum absolute atomic E-state index is 12.7. The van der Waals surface area contributed by atoms with Gasteiger partial charge in [0.05, 0.1) is 17.8 Å². The van der Waals surface area contributed by atoms with Gasteiger partial charge in [-0.15, -0.1) is 0 Å². The number of fused-ring (bicyclic) bond motifs is 3. The monoisotopic (exact) mass is 334 g/mol. The summed E-state index contributed by atoms with van der Waals surface area (Å²) >= 11 is 0. The average Bonchev–Trinajstić information content (AvgIpc) is 3.28. The Morgan fingerprint density at radius 2 is 1.68 bits per heavy atom. The fourth-order valence-corrected chi connectivity index (χ4v) is 4.83. The Kier molecular flexibility index (Phi) is 3.52. The van der Waals surface area contributed by atoms with Crippen LogP contribution in [0.5, 0.6) is 0 Å². The van der Waals surface area contributed by atoms with E-state index in [0.717, 1.165) is 30.6 Å². The molecule has 3 aliphatic rings. The van der Waals surface area contributed by atoms with E-state index < -0.39 is 0 Å². The number of amides is 1. The van der Waals surface area contributed by atoms with Gasteiger partial charge in [0, 0.05) is 18.9 Å². The van der Waals surface area contributed by atoms with Gasteiger partial charge in [-0.3, -0.25) is 9.63 Å². The van der Waals surface area contributed by atoms with E-state index in [1.807, 2.05) is 36.4 Å². The smallest absolute Gasteiger partial charge is 0.223 e. The van der Waals surface area contributed by atoms with Crippen LogP contribution in [0.2, 0.25) is 0 Å². The number of carbonyl (C=O) groups excluding carboxylic acids is 1. The lowest BCUT2D eigenvalue weighted by Gasteiger charge is -2.41. The highest BCUT2D eigenvalue weighted by molar-refractivity contribution is 5.79. The van der Waals surface area contributed by atoms with Gasteiger partial charge in [0.1, 0.15) is 6.10 Å². The number of para-hydroxylation sites is 1. The Morgan fingerprint density at radius 3 is 2.44 bits per heavy atom. The Balaban J connectivity index is 1.57. The quantitative estimate of drug-likeness (QED) is 0.842. The van der Waals surface area contributed by atoms with Gasteiger partial charge >= 0.3 is 0 Å². The Labute approximate surface area is 148 Å². The lowest BCUT2D eigenvalue weighted by molar-refractivity contribution is -0.137. The SMILES string of the molecule is O=C1C[C@@H]2[C@H]([C@@H]3CCCN13)N(c1ccccc1)O[C@H]2c1ccccc1. The molecule has 0 N–H and O–H groups in total. The van der Waals surface area contributed by atoms with Gasteiger partial charge < -0.3 is 4.90 Å². The van der Waals surface area contributed by atoms with Crippen molar-refractivity contribution < 1.29 is 9.63 Å². The number of rotatable bonds is 2. The van der Waals surface area contributed by atoms with Crippen LogP contribution >= 0.6 is 0 Å². The third-order valence-electron chi connectivity index (χ3n) is 5.89. The molecule has 1 amide bonds. The van der Waals surface area contributed by atoms with Crippen molar-refractivity contribution in [2.75, 3.05) is 11.6 Å². The van der Waals surface area contributed by atoms with Crippen molar-refractivity contribution in [3.05, 3.63) is 66.2 Å². The zero-order chi connectivity index (χ0) is 16.8. The third kappa shape index (κ3) is 2.35. The molecule has 3 aliphatic heterocycles. The normalized spacial score (nSPS) is 31.1. The summed E-state index contributed by atoms with van der Waals surface area (Å²) in [4.78, 5) is 21.3. The number of carbonyl (C=O) groups is 1. The number of nitrogens with zero attached hydrogens (tertiary/aromatic N) is 2. The zero-order valence-corrected chi connectivity index (χ0v) is 14.1. The highest BCUT2D eigenvalue weighted by Gasteiger charge is 2.55. The van der Waals surface area contributed by atoms with Gasteiger partial charge in [-0.1, -0.05) is 48.5 Å². The van der Waals surface area contributed by atoms with Crippen LogP contribution in [0.3, 0.4) is 0 Å². The molecule has 0 radical (unpaired) electrons. The molecule has 3 saturated heterocycles. The summed E-state index contributed by atoms with van der Waals surface area (Å²) in [5.41, 5.74) is 2.24. The number of piperidine rings is 1. The van der Waals surface area contributed by atoms with Crippen LogP contribution in [-0.2, 0) is 9.63 Å². The van der Waals surface area contributed by atoms with E-state index in [9.17, 15) is 4.79 Å². The first-order valence-electron chi connectivity index (χ1n) is 9.18. The summed E-state index contributed by atoms with van der Waals surface area (Å²) < 4.78 is 0. The minimum absolute atomic E-state index is 0.0573. The number of hydrogen-bond donors (Lipinski definition) is 0. The lowest BCUT2D eigenvalue weighted by Crippen LogP contribution is -2.55. The number of hydrogen-bond acceptors (Lipinski definition) is 3. The van der Waals surface area contributed by atoms with Crippen molar-refractivity contribution in [1.82, 2.24) is 4.90 Å². The van der Waals surface area contributed by atoms with Crippen molar-refractivity contribution in [2.45, 2.75) is 37.5 Å². The van der Waals surface area contributed by atoms with Crippen LogP contribution in [0.25, 0.3) is 0 Å². The molecule has 0 unspecified atom stereocenters. The van der Waals surface area contributed by atoms with E-state index in [-0.39, 0.29) is 24.1 Å². The van der Waals surface area contributed by atoms with Gasteiger partial charge in [0.15, 0.2) is 0 Å². The van der Waals surface area contributed by atoms with Gasteiger partial charge in [0.25, 0.3) is 0 Å². The van der Waals surface area contributed by atoms with Gasteiger partial charge in [0.2, 0.25) is 5.91 Å². The van der Waals surface area contributed by atoms with Crippen LogP contribution < -0.4 is 5.06 Å². The number of hydroxylamine groups is 1. The lowest BCUT2D eigenvalue weighted by atomic mass is 9.80. The fourth-order valence-electron chi connectivity index (χ4n) is 4.83. The van der Waals surface area contributed by atoms with Crippen LogP contribution in [0, 0.1) is 5.92 Å². The Hall–Kier alpha value is -2.33. The average molecular weight is 334 g/mol. The molecule has 0 saturated carbocycles. The van der Waals surface area contributed by atoms with Crippen LogP contribution in [0.4, 0.5) is 5.69 Å². The minimum atomic E-state index is -0.0573. The minimum Gasteiger partial charge on any atom is -0.338 e. The summed E-state index contributed by atoms with van der Waals surface area (Å²) in [6, 6.07) is 21.1. The molecular formula is C21H22N2O2. The van der Waals surface area contributed by atoms with E-state index in [4.69, 9.17) is 4.84 Å². The number of benzene rings is 2. The largest absolute Gasteiger partial charge is 0.338 e. The van der Waals surface area contributed by atoms with Crippen molar-refractivity contribution in [1.29, 1.82) is 0 Å². The summed E-state index contributed by atoms with van der Waals surface area (Å²) in [5.74, 6) is 0.498. The van der Waals surface area contributed by atoms with E-state index in [0.29, 0.717) is 12.3 Å². The molecule has 3 fully saturated rings. The Morgan fingerprint density at radius 1 is 0.960 bits per heavy atom. The van der Waals surface area contributed by atoms with Crippen molar-refractivity contribution in [3.8, 4) is 0 Å². The van der Waals surface area contributed by atoms with Crippen molar-refractivity contribution in [3.63, 3.8) is 0 Å². The Bertz CT molecular complexity index is 764. The molecule has 4 heteroatoms. The molecule has 4 nitrogen and oxygen atoms in total. The molecule has 0 aromatic heterocycles. The predicted molar refractivity (Wildman–Crippen MR) is 95.8 cm³/mol. The van der Waals surface area contributed by atoms with Crippen LogP contribution in [0.15, 0.2) is 60.7 Å². The van der Waals surface area contributed by atoms with E-state index in [1.54, 1.807) is 0 Å². The second-order valence-corrected chi connectivity index (χ2v) is 7.25. The molecule has 2 aromatic rings. The van der Waals surface area contributed by atoms with Gasteiger partial charge in [-0.25, -0.2) is 5.06 Å². The molecule has 2 aromatic carbocycles. The molecule has 0 spiro atoms. The first-order valence-corrected chi connectivity index (χ1v) is 9.18. The highest BCUT2D eigenvalue weighted by Crippen LogP contribution is 2.49. The second-order valence-electron chi connectivity index (χ2n) is 7.25. The summed E-state index contributed by atoms with van der Waals surface area (Å²) in [7, 11) is 0. The van der Waals surface area contributed by atoms with Crippen molar-refractivity contribution in [2.24, 2.45) is 5.92 Å². The first-order chi connectivity index (χ1) is 12.3. The zero-order valence-electron chi connectivity index (χ0n) is 14.1. The second kappa shape index (κ2) is 5.88.